The zero-order valence-corrected chi connectivity index (χ0v) is 15.8. The van der Waals surface area contributed by atoms with Crippen LogP contribution in [0.1, 0.15) is 23.2 Å². The highest BCUT2D eigenvalue weighted by Crippen LogP contribution is 2.14. The summed E-state index contributed by atoms with van der Waals surface area (Å²) in [6.07, 6.45) is 2.18. The fraction of sp³-hybridized carbons (Fsp3) is 0.333. The number of guanidine groups is 1. The number of nitrogens with one attached hydrogen (secondary N) is 2. The Morgan fingerprint density at radius 2 is 2.00 bits per heavy atom. The van der Waals surface area contributed by atoms with Crippen molar-refractivity contribution in [1.82, 2.24) is 5.32 Å². The molecule has 0 bridgehead atoms. The van der Waals surface area contributed by atoms with Gasteiger partial charge in [0.15, 0.2) is 0 Å². The van der Waals surface area contributed by atoms with Gasteiger partial charge in [0.2, 0.25) is 5.96 Å². The summed E-state index contributed by atoms with van der Waals surface area (Å²) >= 11 is 0. The first-order valence-electron chi connectivity index (χ1n) is 9.18. The Labute approximate surface area is 160 Å². The number of para-hydroxylation sites is 1. The topological polar surface area (TPSA) is 66.0 Å². The highest BCUT2D eigenvalue weighted by atomic mass is 16.5. The van der Waals surface area contributed by atoms with E-state index in [1.807, 2.05) is 67.5 Å². The summed E-state index contributed by atoms with van der Waals surface area (Å²) in [6, 6.07) is 17.2. The number of hydrogen-bond donors (Lipinski definition) is 2. The Balaban J connectivity index is 1.74. The van der Waals surface area contributed by atoms with Gasteiger partial charge in [0, 0.05) is 37.6 Å². The van der Waals surface area contributed by atoms with Crippen molar-refractivity contribution in [1.29, 1.82) is 0 Å². The molecule has 0 aliphatic carbocycles. The van der Waals surface area contributed by atoms with E-state index < -0.39 is 0 Å². The number of benzene rings is 2. The average Bonchev–Trinajstić information content (AvgIpc) is 3.20. The summed E-state index contributed by atoms with van der Waals surface area (Å²) in [5.74, 6) is 0.227. The van der Waals surface area contributed by atoms with E-state index in [1.165, 1.54) is 0 Å². The lowest BCUT2D eigenvalue weighted by atomic mass is 10.2. The molecule has 3 rings (SSSR count). The van der Waals surface area contributed by atoms with Crippen LogP contribution >= 0.6 is 0 Å². The molecule has 0 aromatic heterocycles. The minimum absolute atomic E-state index is 0.117. The van der Waals surface area contributed by atoms with Gasteiger partial charge in [0.05, 0.1) is 12.6 Å². The normalized spacial score (nSPS) is 16.8. The molecule has 0 unspecified atom stereocenters. The second-order valence-electron chi connectivity index (χ2n) is 6.71. The number of carbonyl (C=O) groups is 1. The van der Waals surface area contributed by atoms with Gasteiger partial charge in [0.25, 0.3) is 5.91 Å². The lowest BCUT2D eigenvalue weighted by Crippen LogP contribution is -2.36. The molecule has 1 heterocycles. The van der Waals surface area contributed by atoms with Crippen molar-refractivity contribution in [2.45, 2.75) is 18.9 Å². The number of anilines is 2. The van der Waals surface area contributed by atoms with Crippen molar-refractivity contribution in [2.75, 3.05) is 37.5 Å². The maximum Gasteiger partial charge on any atom is 0.258 e. The van der Waals surface area contributed by atoms with E-state index in [2.05, 4.69) is 15.6 Å². The first-order chi connectivity index (χ1) is 13.1. The second kappa shape index (κ2) is 9.19. The molecule has 6 heteroatoms. The summed E-state index contributed by atoms with van der Waals surface area (Å²) < 4.78 is 5.63. The van der Waals surface area contributed by atoms with Crippen LogP contribution in [0.25, 0.3) is 0 Å². The van der Waals surface area contributed by atoms with E-state index in [0.717, 1.165) is 30.8 Å². The Hall–Kier alpha value is -2.86. The van der Waals surface area contributed by atoms with Crippen LogP contribution in [0.5, 0.6) is 0 Å². The van der Waals surface area contributed by atoms with Crippen molar-refractivity contribution in [3.8, 4) is 0 Å². The van der Waals surface area contributed by atoms with Gasteiger partial charge in [-0.25, -0.2) is 4.99 Å². The van der Waals surface area contributed by atoms with E-state index >= 15 is 0 Å². The molecule has 1 fully saturated rings. The Kier molecular flexibility index (Phi) is 6.44. The molecule has 1 aliphatic rings. The fourth-order valence-corrected chi connectivity index (χ4v) is 2.85. The fourth-order valence-electron chi connectivity index (χ4n) is 2.85. The van der Waals surface area contributed by atoms with Gasteiger partial charge in [-0.15, -0.1) is 0 Å². The number of aliphatic imine (C=N–C) groups is 1. The van der Waals surface area contributed by atoms with Crippen molar-refractivity contribution < 1.29 is 9.53 Å². The van der Waals surface area contributed by atoms with Gasteiger partial charge in [-0.3, -0.25) is 10.1 Å². The molecule has 0 saturated carbocycles. The predicted molar refractivity (Wildman–Crippen MR) is 110 cm³/mol. The number of amides is 1. The first-order valence-corrected chi connectivity index (χ1v) is 9.18. The summed E-state index contributed by atoms with van der Waals surface area (Å²) in [5, 5.41) is 6.09. The van der Waals surface area contributed by atoms with Crippen LogP contribution in [0.4, 0.5) is 11.4 Å². The van der Waals surface area contributed by atoms with Gasteiger partial charge in [-0.05, 0) is 43.2 Å². The zero-order chi connectivity index (χ0) is 19.1. The molecule has 1 atom stereocenters. The molecule has 142 valence electrons. The van der Waals surface area contributed by atoms with Crippen molar-refractivity contribution in [2.24, 2.45) is 4.99 Å². The standard InChI is InChI=1S/C21H26N4O2/c1-25(2)18-11-6-8-16(14-18)20(26)24-21(22-15-19-12-7-13-27-19)23-17-9-4-3-5-10-17/h3-6,8-11,14,19H,7,12-13,15H2,1-2H3,(H2,22,23,24,26)/t19-/m1/s1. The van der Waals surface area contributed by atoms with Gasteiger partial charge in [0.1, 0.15) is 0 Å². The molecular weight excluding hydrogens is 340 g/mol. The molecule has 1 aliphatic heterocycles. The number of carbonyl (C=O) groups excluding carboxylic acids is 1. The van der Waals surface area contributed by atoms with E-state index in [4.69, 9.17) is 4.74 Å². The molecule has 2 aromatic rings. The van der Waals surface area contributed by atoms with Crippen LogP contribution in [-0.4, -0.2) is 45.2 Å². The summed E-state index contributed by atoms with van der Waals surface area (Å²) in [6.45, 7) is 1.30. The van der Waals surface area contributed by atoms with E-state index in [0.29, 0.717) is 18.1 Å². The van der Waals surface area contributed by atoms with Crippen LogP contribution < -0.4 is 15.5 Å². The number of ether oxygens (including phenoxy) is 1. The third kappa shape index (κ3) is 5.56. The Morgan fingerprint density at radius 1 is 1.19 bits per heavy atom. The first kappa shape index (κ1) is 18.9. The van der Waals surface area contributed by atoms with Gasteiger partial charge in [-0.2, -0.15) is 0 Å². The molecule has 27 heavy (non-hydrogen) atoms. The number of rotatable bonds is 5. The SMILES string of the molecule is CN(C)c1cccc(C(=O)NC(=NC[C@H]2CCCO2)Nc2ccccc2)c1. The molecule has 0 spiro atoms. The predicted octanol–water partition coefficient (Wildman–Crippen LogP) is 3.13. The quantitative estimate of drug-likeness (QED) is 0.630. The number of nitrogens with zero attached hydrogens (tertiary/aromatic N) is 2. The van der Waals surface area contributed by atoms with E-state index in [-0.39, 0.29) is 12.0 Å². The molecule has 2 N–H and O–H groups in total. The number of hydrogen-bond acceptors (Lipinski definition) is 4. The average molecular weight is 366 g/mol. The minimum Gasteiger partial charge on any atom is -0.378 e. The second-order valence-corrected chi connectivity index (χ2v) is 6.71. The van der Waals surface area contributed by atoms with E-state index in [9.17, 15) is 4.79 Å². The lowest BCUT2D eigenvalue weighted by Gasteiger charge is -2.15. The van der Waals surface area contributed by atoms with Crippen LogP contribution in [-0.2, 0) is 4.74 Å². The molecule has 0 radical (unpaired) electrons. The Bertz CT molecular complexity index is 784. The highest BCUT2D eigenvalue weighted by Gasteiger charge is 2.16. The van der Waals surface area contributed by atoms with E-state index in [1.54, 1.807) is 6.07 Å². The molecule has 1 amide bonds. The largest absolute Gasteiger partial charge is 0.378 e. The van der Waals surface area contributed by atoms with Crippen molar-refractivity contribution >= 4 is 23.2 Å². The van der Waals surface area contributed by atoms with Crippen LogP contribution in [0.3, 0.4) is 0 Å². The maximum absolute atomic E-state index is 12.7. The third-order valence-electron chi connectivity index (χ3n) is 4.37. The van der Waals surface area contributed by atoms with Gasteiger partial charge >= 0.3 is 0 Å². The van der Waals surface area contributed by atoms with Gasteiger partial charge < -0.3 is 15.0 Å². The third-order valence-corrected chi connectivity index (χ3v) is 4.37. The lowest BCUT2D eigenvalue weighted by molar-refractivity contribution is 0.0975. The highest BCUT2D eigenvalue weighted by molar-refractivity contribution is 6.10. The van der Waals surface area contributed by atoms with Crippen LogP contribution in [0, 0.1) is 0 Å². The van der Waals surface area contributed by atoms with Crippen molar-refractivity contribution in [3.05, 3.63) is 60.2 Å². The molecule has 1 saturated heterocycles. The zero-order valence-electron chi connectivity index (χ0n) is 15.8. The minimum atomic E-state index is -0.201. The molecule has 2 aromatic carbocycles. The molecular formula is C21H26N4O2. The monoisotopic (exact) mass is 366 g/mol. The van der Waals surface area contributed by atoms with Crippen molar-refractivity contribution in [3.63, 3.8) is 0 Å². The van der Waals surface area contributed by atoms with Crippen LogP contribution in [0.2, 0.25) is 0 Å². The summed E-state index contributed by atoms with van der Waals surface area (Å²) in [5.41, 5.74) is 2.42. The summed E-state index contributed by atoms with van der Waals surface area (Å²) in [7, 11) is 3.89. The van der Waals surface area contributed by atoms with Gasteiger partial charge in [-0.1, -0.05) is 24.3 Å². The molecule has 6 nitrogen and oxygen atoms in total. The maximum atomic E-state index is 12.7. The Morgan fingerprint density at radius 3 is 2.70 bits per heavy atom. The summed E-state index contributed by atoms with van der Waals surface area (Å²) in [4.78, 5) is 19.3. The smallest absolute Gasteiger partial charge is 0.258 e. The van der Waals surface area contributed by atoms with Crippen LogP contribution in [0.15, 0.2) is 59.6 Å².